The van der Waals surface area contributed by atoms with Crippen LogP contribution in [0.2, 0.25) is 0 Å². The summed E-state index contributed by atoms with van der Waals surface area (Å²) in [7, 11) is 2.61. The molecule has 0 spiro atoms. The van der Waals surface area contributed by atoms with Crippen molar-refractivity contribution in [1.82, 2.24) is 40.4 Å². The monoisotopic (exact) mass is 862 g/mol. The second-order valence-corrected chi connectivity index (χ2v) is 17.4. The van der Waals surface area contributed by atoms with Gasteiger partial charge in [-0.25, -0.2) is 19.6 Å². The van der Waals surface area contributed by atoms with Crippen molar-refractivity contribution in [2.45, 2.75) is 102 Å². The Morgan fingerprint density at radius 2 is 1.30 bits per heavy atom. The van der Waals surface area contributed by atoms with Crippen molar-refractivity contribution in [2.75, 3.05) is 40.6 Å². The van der Waals surface area contributed by atoms with Gasteiger partial charge in [-0.1, -0.05) is 31.0 Å². The number of hydrogen-bond acceptors (Lipinski definition) is 10. The Hall–Kier alpha value is -5.92. The molecule has 2 aromatic carbocycles. The lowest BCUT2D eigenvalue weighted by Crippen LogP contribution is -2.54. The van der Waals surface area contributed by atoms with Gasteiger partial charge in [0.2, 0.25) is 11.8 Å². The van der Waals surface area contributed by atoms with Crippen molar-refractivity contribution in [3.63, 3.8) is 0 Å². The first kappa shape index (κ1) is 43.7. The molecule has 63 heavy (non-hydrogen) atoms. The van der Waals surface area contributed by atoms with Gasteiger partial charge in [-0.15, -0.1) is 0 Å². The van der Waals surface area contributed by atoms with E-state index >= 15 is 0 Å². The van der Waals surface area contributed by atoms with Crippen molar-refractivity contribution in [2.24, 2.45) is 17.8 Å². The lowest BCUT2D eigenvalue weighted by molar-refractivity contribution is -0.139. The van der Waals surface area contributed by atoms with Crippen LogP contribution in [0.5, 0.6) is 0 Å². The molecule has 16 heteroatoms. The first-order chi connectivity index (χ1) is 30.5. The summed E-state index contributed by atoms with van der Waals surface area (Å²) in [5, 5.41) is 7.72. The Kier molecular flexibility index (Phi) is 13.3. The molecule has 0 saturated carbocycles. The van der Waals surface area contributed by atoms with E-state index in [9.17, 15) is 19.2 Å². The maximum atomic E-state index is 14.3. The lowest BCUT2D eigenvalue weighted by Gasteiger charge is -2.36. The summed E-state index contributed by atoms with van der Waals surface area (Å²) in [4.78, 5) is 73.3. The van der Waals surface area contributed by atoms with E-state index in [0.717, 1.165) is 46.9 Å². The van der Waals surface area contributed by atoms with Gasteiger partial charge in [0.25, 0.3) is 0 Å². The number of amides is 4. The minimum absolute atomic E-state index is 0.0226. The third-order valence-corrected chi connectivity index (χ3v) is 13.6. The van der Waals surface area contributed by atoms with Crippen molar-refractivity contribution in [3.05, 3.63) is 71.7 Å². The van der Waals surface area contributed by atoms with Crippen LogP contribution < -0.4 is 10.6 Å². The Morgan fingerprint density at radius 3 is 1.95 bits per heavy atom. The number of likely N-dealkylation sites (tertiary alicyclic amines) is 2. The van der Waals surface area contributed by atoms with E-state index in [1.54, 1.807) is 6.20 Å². The average molecular weight is 863 g/mol. The number of ether oxygens (including phenoxy) is 4. The summed E-state index contributed by atoms with van der Waals surface area (Å²) in [5.41, 5.74) is 3.28. The first-order valence-corrected chi connectivity index (χ1v) is 22.2. The van der Waals surface area contributed by atoms with Crippen LogP contribution in [0, 0.1) is 29.6 Å². The molecule has 4 aliphatic heterocycles. The Labute approximate surface area is 367 Å². The predicted molar refractivity (Wildman–Crippen MR) is 233 cm³/mol. The maximum Gasteiger partial charge on any atom is 0.407 e. The number of alkyl carbamates (subject to hydrolysis) is 2. The van der Waals surface area contributed by atoms with Crippen LogP contribution in [-0.2, 0) is 28.5 Å². The largest absolute Gasteiger partial charge is 0.453 e. The quantitative estimate of drug-likeness (QED) is 0.145. The molecule has 4 aromatic rings. The molecule has 7 atom stereocenters. The molecule has 0 radical (unpaired) electrons. The highest BCUT2D eigenvalue weighted by molar-refractivity contribution is 5.89. The molecule has 4 N–H and O–H groups in total. The second-order valence-electron chi connectivity index (χ2n) is 17.4. The fraction of sp³-hybridized carbons (Fsp3) is 0.532. The van der Waals surface area contributed by atoms with E-state index in [0.29, 0.717) is 69.5 Å². The van der Waals surface area contributed by atoms with Crippen LogP contribution in [0.25, 0.3) is 22.0 Å². The summed E-state index contributed by atoms with van der Waals surface area (Å²) >= 11 is 0. The number of benzene rings is 2. The van der Waals surface area contributed by atoms with Gasteiger partial charge >= 0.3 is 12.2 Å². The molecule has 16 nitrogen and oxygen atoms in total. The zero-order valence-electron chi connectivity index (χ0n) is 36.6. The van der Waals surface area contributed by atoms with Gasteiger partial charge in [0, 0.05) is 49.6 Å². The molecule has 4 amide bonds. The van der Waals surface area contributed by atoms with Gasteiger partial charge in [-0.2, -0.15) is 0 Å². The number of fused-ring (bicyclic) bond motifs is 1. The van der Waals surface area contributed by atoms with Gasteiger partial charge in [0.05, 0.1) is 44.4 Å². The van der Waals surface area contributed by atoms with Crippen molar-refractivity contribution in [3.8, 4) is 23.1 Å². The molecular formula is C47H58N8O8. The molecule has 334 valence electrons. The third kappa shape index (κ3) is 9.40. The number of nitrogens with zero attached hydrogens (tertiary/aromatic N) is 4. The fourth-order valence-corrected chi connectivity index (χ4v) is 9.85. The molecule has 4 fully saturated rings. The van der Waals surface area contributed by atoms with Crippen LogP contribution in [0.1, 0.15) is 101 Å². The molecule has 6 heterocycles. The number of nitrogens with one attached hydrogen (secondary N) is 4. The second kappa shape index (κ2) is 19.2. The average Bonchev–Trinajstić information content (AvgIpc) is 4.13. The number of methoxy groups -OCH3 is 2. The van der Waals surface area contributed by atoms with Gasteiger partial charge in [0.15, 0.2) is 0 Å². The van der Waals surface area contributed by atoms with E-state index in [1.165, 1.54) is 14.2 Å². The molecule has 0 aliphatic carbocycles. The molecule has 2 aromatic heterocycles. The van der Waals surface area contributed by atoms with Crippen LogP contribution >= 0.6 is 0 Å². The number of rotatable bonds is 9. The smallest absolute Gasteiger partial charge is 0.407 e. The highest BCUT2D eigenvalue weighted by Crippen LogP contribution is 2.41. The maximum absolute atomic E-state index is 14.3. The van der Waals surface area contributed by atoms with Gasteiger partial charge in [-0.3, -0.25) is 9.59 Å². The SMILES string of the molecule is COC(=O)N[C@H](C(=O)N1[C@H](C)[C@H](C)C[C@H]1c1ncc(C#Cc2ccc3cc(-c4cnc([C@@H]5CC[C@H](C)N5C(=O)[C@@H](NC(=O)OC)C5CCOCC5)[nH]4)ccc3c2)[nH]1)C1CCOCC1. The Bertz CT molecular complexity index is 2360. The van der Waals surface area contributed by atoms with Crippen molar-refractivity contribution in [1.29, 1.82) is 0 Å². The first-order valence-electron chi connectivity index (χ1n) is 22.2. The molecule has 4 saturated heterocycles. The number of carbonyl (C=O) groups is 4. The highest BCUT2D eigenvalue weighted by atomic mass is 16.5. The summed E-state index contributed by atoms with van der Waals surface area (Å²) in [6, 6.07) is 10.2. The highest BCUT2D eigenvalue weighted by Gasteiger charge is 2.46. The predicted octanol–water partition coefficient (Wildman–Crippen LogP) is 6.01. The third-order valence-electron chi connectivity index (χ3n) is 13.6. The van der Waals surface area contributed by atoms with Crippen LogP contribution in [0.3, 0.4) is 0 Å². The fourth-order valence-electron chi connectivity index (χ4n) is 9.85. The zero-order chi connectivity index (χ0) is 44.2. The van der Waals surface area contributed by atoms with E-state index in [1.807, 2.05) is 54.1 Å². The summed E-state index contributed by atoms with van der Waals surface area (Å²) in [6.07, 6.45) is 7.28. The molecular weight excluding hydrogens is 805 g/mol. The van der Waals surface area contributed by atoms with Crippen LogP contribution in [0.15, 0.2) is 48.8 Å². The van der Waals surface area contributed by atoms with E-state index in [-0.39, 0.29) is 53.7 Å². The lowest BCUT2D eigenvalue weighted by atomic mass is 9.90. The van der Waals surface area contributed by atoms with Crippen LogP contribution in [-0.4, -0.2) is 119 Å². The molecule has 8 rings (SSSR count). The number of imidazole rings is 2. The van der Waals surface area contributed by atoms with E-state index in [2.05, 4.69) is 51.5 Å². The van der Waals surface area contributed by atoms with E-state index in [4.69, 9.17) is 28.9 Å². The Balaban J connectivity index is 0.958. The number of hydrogen-bond donors (Lipinski definition) is 4. The Morgan fingerprint density at radius 1 is 0.714 bits per heavy atom. The molecule has 0 unspecified atom stereocenters. The van der Waals surface area contributed by atoms with Crippen LogP contribution in [0.4, 0.5) is 9.59 Å². The number of carbonyl (C=O) groups excluding carboxylic acids is 4. The van der Waals surface area contributed by atoms with E-state index < -0.39 is 24.3 Å². The van der Waals surface area contributed by atoms with Gasteiger partial charge in [0.1, 0.15) is 29.4 Å². The van der Waals surface area contributed by atoms with Crippen molar-refractivity contribution < 1.29 is 38.1 Å². The zero-order valence-corrected chi connectivity index (χ0v) is 36.6. The van der Waals surface area contributed by atoms with Gasteiger partial charge in [-0.05, 0) is 111 Å². The van der Waals surface area contributed by atoms with Crippen molar-refractivity contribution >= 4 is 34.8 Å². The standard InChI is InChI=1S/C47H58N8O8/c1-27-22-39(55(29(27)3)45(57)41(53-47(59)61-5)32-16-20-63-21-17-32)43-48-25-36(50-43)12-8-30-7-9-34-24-35(11-10-33(34)23-30)37-26-49-42(51-37)38-13-6-28(2)54(38)44(56)40(52-46(58)60-4)31-14-18-62-19-15-31/h7,9-11,23-29,31-32,38-41H,6,13-22H2,1-5H3,(H,48,50)(H,49,51)(H,52,58)(H,53,59)/t27-,28+,29-,38+,39+,40+,41+/m1/s1. The summed E-state index contributed by atoms with van der Waals surface area (Å²) in [5.74, 6) is 7.73. The minimum Gasteiger partial charge on any atom is -0.453 e. The van der Waals surface area contributed by atoms with Gasteiger partial charge < -0.3 is 49.3 Å². The molecule has 0 bridgehead atoms. The normalized spacial score (nSPS) is 24.0. The summed E-state index contributed by atoms with van der Waals surface area (Å²) in [6.45, 7) is 8.41. The number of aromatic amines is 2. The number of H-pyrrole nitrogens is 2. The number of aromatic nitrogens is 4. The molecule has 4 aliphatic rings. The topological polar surface area (TPSA) is 193 Å². The minimum atomic E-state index is -0.726. The summed E-state index contributed by atoms with van der Waals surface area (Å²) < 4.78 is 20.9.